The van der Waals surface area contributed by atoms with E-state index in [4.69, 9.17) is 11.6 Å². The van der Waals surface area contributed by atoms with E-state index < -0.39 is 0 Å². The van der Waals surface area contributed by atoms with Crippen LogP contribution in [0.25, 0.3) is 5.57 Å². The number of thioether (sulfide) groups is 1. The number of nitrogens with one attached hydrogen (secondary N) is 1. The molecular formula is C20H16ClN3O2S. The summed E-state index contributed by atoms with van der Waals surface area (Å²) in [4.78, 5) is 32.1. The van der Waals surface area contributed by atoms with Crippen molar-refractivity contribution in [1.82, 2.24) is 5.32 Å². The summed E-state index contributed by atoms with van der Waals surface area (Å²) in [6, 6.07) is 14.7. The molecule has 0 aliphatic carbocycles. The quantitative estimate of drug-likeness (QED) is 0.783. The number of amidine groups is 1. The van der Waals surface area contributed by atoms with E-state index >= 15 is 0 Å². The van der Waals surface area contributed by atoms with E-state index in [1.54, 1.807) is 17.0 Å². The highest BCUT2D eigenvalue weighted by Gasteiger charge is 2.38. The predicted octanol–water partition coefficient (Wildman–Crippen LogP) is 4.36. The van der Waals surface area contributed by atoms with Gasteiger partial charge in [0.05, 0.1) is 26.9 Å². The first-order valence-electron chi connectivity index (χ1n) is 8.58. The number of para-hydroxylation sites is 2. The highest BCUT2D eigenvalue weighted by molar-refractivity contribution is 8.18. The number of anilines is 1. The first-order chi connectivity index (χ1) is 13.1. The Kier molecular flexibility index (Phi) is 4.76. The van der Waals surface area contributed by atoms with Gasteiger partial charge in [-0.3, -0.25) is 9.59 Å². The Balaban J connectivity index is 1.76. The summed E-state index contributed by atoms with van der Waals surface area (Å²) < 4.78 is 0. The van der Waals surface area contributed by atoms with Gasteiger partial charge in [0.2, 0.25) is 0 Å². The van der Waals surface area contributed by atoms with Crippen LogP contribution >= 0.6 is 23.4 Å². The van der Waals surface area contributed by atoms with E-state index in [1.807, 2.05) is 43.3 Å². The van der Waals surface area contributed by atoms with Crippen LogP contribution in [0, 0.1) is 0 Å². The molecule has 2 amide bonds. The van der Waals surface area contributed by atoms with Crippen molar-refractivity contribution in [2.45, 2.75) is 13.3 Å². The first kappa shape index (κ1) is 17.8. The summed E-state index contributed by atoms with van der Waals surface area (Å²) in [6.07, 6.45) is 0.835. The second-order valence-electron chi connectivity index (χ2n) is 6.10. The molecule has 7 heteroatoms. The normalized spacial score (nSPS) is 20.4. The molecule has 2 aliphatic rings. The summed E-state index contributed by atoms with van der Waals surface area (Å²) in [6.45, 7) is 2.63. The van der Waals surface area contributed by atoms with Gasteiger partial charge in [0.25, 0.3) is 11.8 Å². The Hall–Kier alpha value is -2.57. The minimum atomic E-state index is -0.317. The Bertz CT molecular complexity index is 1020. The zero-order chi connectivity index (χ0) is 19.0. The second kappa shape index (κ2) is 7.21. The van der Waals surface area contributed by atoms with Gasteiger partial charge in [0.1, 0.15) is 0 Å². The summed E-state index contributed by atoms with van der Waals surface area (Å²) in [5.74, 6) is -0.461. The maximum atomic E-state index is 13.0. The van der Waals surface area contributed by atoms with Crippen LogP contribution in [-0.4, -0.2) is 23.5 Å². The third-order valence-electron chi connectivity index (χ3n) is 4.30. The lowest BCUT2D eigenvalue weighted by Gasteiger charge is -2.15. The Morgan fingerprint density at radius 1 is 1.11 bits per heavy atom. The van der Waals surface area contributed by atoms with Crippen LogP contribution in [-0.2, 0) is 9.59 Å². The van der Waals surface area contributed by atoms with Crippen molar-refractivity contribution < 1.29 is 9.59 Å². The summed E-state index contributed by atoms with van der Waals surface area (Å²) in [5.41, 5.74) is 2.63. The van der Waals surface area contributed by atoms with Crippen molar-refractivity contribution >= 4 is 57.3 Å². The number of carbonyl (C=O) groups excluding carboxylic acids is 2. The molecule has 27 heavy (non-hydrogen) atoms. The monoisotopic (exact) mass is 397 g/mol. The molecule has 5 nitrogen and oxygen atoms in total. The Morgan fingerprint density at radius 2 is 1.85 bits per heavy atom. The molecular weight excluding hydrogens is 382 g/mol. The number of hydrogen-bond donors (Lipinski definition) is 1. The number of hydrogen-bond acceptors (Lipinski definition) is 4. The fraction of sp³-hybridized carbons (Fsp3) is 0.150. The minimum absolute atomic E-state index is 0.144. The van der Waals surface area contributed by atoms with E-state index in [1.165, 1.54) is 11.8 Å². The summed E-state index contributed by atoms with van der Waals surface area (Å²) >= 11 is 7.31. The molecule has 2 aromatic carbocycles. The fourth-order valence-corrected chi connectivity index (χ4v) is 4.24. The second-order valence-corrected chi connectivity index (χ2v) is 7.51. The molecule has 2 aromatic rings. The third-order valence-corrected chi connectivity index (χ3v) is 5.60. The lowest BCUT2D eigenvalue weighted by atomic mass is 10.1. The maximum Gasteiger partial charge on any atom is 0.264 e. The smallest absolute Gasteiger partial charge is 0.264 e. The van der Waals surface area contributed by atoms with E-state index in [2.05, 4.69) is 10.3 Å². The molecule has 2 aliphatic heterocycles. The van der Waals surface area contributed by atoms with Crippen LogP contribution < -0.4 is 10.2 Å². The van der Waals surface area contributed by atoms with Gasteiger partial charge >= 0.3 is 0 Å². The van der Waals surface area contributed by atoms with E-state index in [0.717, 1.165) is 17.7 Å². The topological polar surface area (TPSA) is 61.8 Å². The van der Waals surface area contributed by atoms with Gasteiger partial charge in [0.15, 0.2) is 5.17 Å². The Labute approximate surface area is 166 Å². The van der Waals surface area contributed by atoms with Gasteiger partial charge in [-0.25, -0.2) is 4.99 Å². The first-order valence-corrected chi connectivity index (χ1v) is 9.77. The Morgan fingerprint density at radius 3 is 2.63 bits per heavy atom. The van der Waals surface area contributed by atoms with Gasteiger partial charge in [-0.2, -0.15) is 0 Å². The summed E-state index contributed by atoms with van der Waals surface area (Å²) in [7, 11) is 0. The van der Waals surface area contributed by atoms with Crippen molar-refractivity contribution in [2.75, 3.05) is 11.4 Å². The van der Waals surface area contributed by atoms with Crippen LogP contribution in [0.2, 0.25) is 5.02 Å². The number of nitrogens with zero attached hydrogens (tertiary/aromatic N) is 2. The molecule has 4 rings (SSSR count). The van der Waals surface area contributed by atoms with E-state index in [9.17, 15) is 9.59 Å². The number of halogens is 1. The molecule has 0 unspecified atom stereocenters. The van der Waals surface area contributed by atoms with Crippen molar-refractivity contribution in [3.63, 3.8) is 0 Å². The molecule has 2 heterocycles. The zero-order valence-corrected chi connectivity index (χ0v) is 16.1. The predicted molar refractivity (Wildman–Crippen MR) is 110 cm³/mol. The maximum absolute atomic E-state index is 13.0. The largest absolute Gasteiger partial charge is 0.308 e. The number of aliphatic imine (C=N–C) groups is 1. The number of benzene rings is 2. The molecule has 0 saturated carbocycles. The molecule has 0 spiro atoms. The van der Waals surface area contributed by atoms with Crippen molar-refractivity contribution in [3.8, 4) is 0 Å². The van der Waals surface area contributed by atoms with Gasteiger partial charge < -0.3 is 10.2 Å². The van der Waals surface area contributed by atoms with Crippen LogP contribution in [0.5, 0.6) is 0 Å². The molecule has 1 N–H and O–H groups in total. The molecule has 0 radical (unpaired) electrons. The summed E-state index contributed by atoms with van der Waals surface area (Å²) in [5, 5.41) is 3.65. The standard InChI is InChI=1S/C20H16ClN3O2S/c1-2-11-24-15-10-6-3-7-12(15)16(19(24)26)17-18(25)23-20(27-17)22-14-9-5-4-8-13(14)21/h3-10H,2,11H2,1H3,(H,22,23,25). The lowest BCUT2D eigenvalue weighted by Crippen LogP contribution is -2.27. The number of amides is 2. The number of carbonyl (C=O) groups is 2. The van der Waals surface area contributed by atoms with Crippen molar-refractivity contribution in [2.24, 2.45) is 4.99 Å². The van der Waals surface area contributed by atoms with Gasteiger partial charge in [-0.1, -0.05) is 48.9 Å². The molecule has 1 saturated heterocycles. The highest BCUT2D eigenvalue weighted by Crippen LogP contribution is 2.43. The van der Waals surface area contributed by atoms with Gasteiger partial charge in [0, 0.05) is 12.1 Å². The van der Waals surface area contributed by atoms with Crippen LogP contribution in [0.1, 0.15) is 18.9 Å². The highest BCUT2D eigenvalue weighted by atomic mass is 35.5. The number of rotatable bonds is 3. The zero-order valence-electron chi connectivity index (χ0n) is 14.5. The fourth-order valence-electron chi connectivity index (χ4n) is 3.13. The van der Waals surface area contributed by atoms with Crippen molar-refractivity contribution in [3.05, 3.63) is 64.0 Å². The van der Waals surface area contributed by atoms with Crippen molar-refractivity contribution in [1.29, 1.82) is 0 Å². The molecule has 0 atom stereocenters. The average molecular weight is 398 g/mol. The minimum Gasteiger partial charge on any atom is -0.308 e. The van der Waals surface area contributed by atoms with Crippen LogP contribution in [0.4, 0.5) is 11.4 Å². The van der Waals surface area contributed by atoms with Gasteiger partial charge in [-0.05, 0) is 36.4 Å². The SMILES string of the molecule is CCCN1C(=O)C(=C2SC(=Nc3ccccc3Cl)NC2=O)c2ccccc21. The molecule has 0 bridgehead atoms. The third kappa shape index (κ3) is 3.15. The molecule has 136 valence electrons. The van der Waals surface area contributed by atoms with Gasteiger partial charge in [-0.15, -0.1) is 0 Å². The van der Waals surface area contributed by atoms with E-state index in [0.29, 0.717) is 32.9 Å². The number of fused-ring (bicyclic) bond motifs is 1. The van der Waals surface area contributed by atoms with Crippen LogP contribution in [0.15, 0.2) is 58.4 Å². The van der Waals surface area contributed by atoms with Crippen LogP contribution in [0.3, 0.4) is 0 Å². The lowest BCUT2D eigenvalue weighted by molar-refractivity contribution is -0.116. The average Bonchev–Trinajstić information content (AvgIpc) is 3.15. The molecule has 0 aromatic heterocycles. The molecule has 1 fully saturated rings. The van der Waals surface area contributed by atoms with E-state index in [-0.39, 0.29) is 11.8 Å².